The van der Waals surface area contributed by atoms with E-state index in [-0.39, 0.29) is 5.91 Å². The highest BCUT2D eigenvalue weighted by molar-refractivity contribution is 5.87. The smallest absolute Gasteiger partial charge is 0.243 e. The molecule has 3 rings (SSSR count). The number of unbranched alkanes of at least 4 members (excludes halogenated alkanes) is 2. The number of likely N-dealkylation sites (N-methyl/N-ethyl adjacent to an activating group) is 1. The van der Waals surface area contributed by atoms with Gasteiger partial charge in [-0.2, -0.15) is 9.49 Å². The van der Waals surface area contributed by atoms with Crippen LogP contribution in [-0.2, 0) is 4.79 Å². The Morgan fingerprint density at radius 1 is 1.23 bits per heavy atom. The molecule has 0 bridgehead atoms. The molecule has 0 spiro atoms. The van der Waals surface area contributed by atoms with E-state index in [2.05, 4.69) is 25.7 Å². The van der Waals surface area contributed by atoms with E-state index in [0.717, 1.165) is 36.8 Å². The lowest BCUT2D eigenvalue weighted by atomic mass is 10.00. The lowest BCUT2D eigenvalue weighted by Crippen LogP contribution is -2.13. The molecule has 31 heavy (non-hydrogen) atoms. The van der Waals surface area contributed by atoms with E-state index in [0.29, 0.717) is 29.1 Å². The molecule has 0 aliphatic heterocycles. The molecule has 2 N–H and O–H groups in total. The summed E-state index contributed by atoms with van der Waals surface area (Å²) in [6, 6.07) is 9.08. The summed E-state index contributed by atoms with van der Waals surface area (Å²) in [6.45, 7) is 2.56. The van der Waals surface area contributed by atoms with Gasteiger partial charge in [-0.15, -0.1) is 10.2 Å². The zero-order valence-electron chi connectivity index (χ0n) is 17.7. The van der Waals surface area contributed by atoms with E-state index in [9.17, 15) is 9.18 Å². The van der Waals surface area contributed by atoms with Crippen LogP contribution in [0.2, 0.25) is 0 Å². The molecule has 0 atom stereocenters. The van der Waals surface area contributed by atoms with E-state index >= 15 is 0 Å². The number of amides is 1. The number of rotatable bonds is 10. The van der Waals surface area contributed by atoms with Crippen LogP contribution in [0.4, 0.5) is 4.39 Å². The maximum atomic E-state index is 13.9. The van der Waals surface area contributed by atoms with E-state index in [1.807, 2.05) is 31.2 Å². The molecule has 1 amide bonds. The normalized spacial score (nSPS) is 11.9. The van der Waals surface area contributed by atoms with Crippen LogP contribution >= 0.6 is 0 Å². The van der Waals surface area contributed by atoms with Gasteiger partial charge in [-0.25, -0.2) is 0 Å². The second-order valence-corrected chi connectivity index (χ2v) is 6.91. The number of fused-ring (bicyclic) bond motifs is 1. The highest BCUT2D eigenvalue weighted by Crippen LogP contribution is 2.26. The third-order valence-corrected chi connectivity index (χ3v) is 4.67. The van der Waals surface area contributed by atoms with Gasteiger partial charge in [-0.1, -0.05) is 25.1 Å². The van der Waals surface area contributed by atoms with Gasteiger partial charge in [0.05, 0.1) is 23.2 Å². The van der Waals surface area contributed by atoms with Crippen molar-refractivity contribution in [1.82, 2.24) is 25.7 Å². The summed E-state index contributed by atoms with van der Waals surface area (Å²) in [5, 5.41) is 17.7. The molecule has 2 heterocycles. The number of ether oxygens (including phenoxy) is 1. The number of carbonyl (C=O) groups is 1. The van der Waals surface area contributed by atoms with E-state index < -0.39 is 5.95 Å². The maximum absolute atomic E-state index is 13.9. The fourth-order valence-electron chi connectivity index (χ4n) is 3.08. The zero-order chi connectivity index (χ0) is 22.1. The minimum Gasteiger partial charge on any atom is -0.477 e. The van der Waals surface area contributed by atoms with E-state index in [1.165, 1.54) is 6.08 Å². The number of nitrogens with zero attached hydrogens (tertiary/aromatic N) is 3. The van der Waals surface area contributed by atoms with E-state index in [1.54, 1.807) is 25.2 Å². The SMILES string of the molecule is CC/C=C(\c1ccc2n[nH]c(F)c2c1)c1ccc(OCCCC/C=C/C(=O)NC)nn1. The van der Waals surface area contributed by atoms with Gasteiger partial charge in [-0.05, 0) is 55.5 Å². The Kier molecular flexibility index (Phi) is 7.86. The number of carbonyl (C=O) groups excluding carboxylic acids is 1. The van der Waals surface area contributed by atoms with Crippen molar-refractivity contribution >= 4 is 22.4 Å². The van der Waals surface area contributed by atoms with Gasteiger partial charge in [-0.3, -0.25) is 9.89 Å². The van der Waals surface area contributed by atoms with Crippen molar-refractivity contribution in [1.29, 1.82) is 0 Å². The maximum Gasteiger partial charge on any atom is 0.243 e. The van der Waals surface area contributed by atoms with Crippen molar-refractivity contribution in [3.63, 3.8) is 0 Å². The fourth-order valence-corrected chi connectivity index (χ4v) is 3.08. The van der Waals surface area contributed by atoms with Gasteiger partial charge in [0, 0.05) is 18.7 Å². The molecular weight excluding hydrogens is 397 g/mol. The van der Waals surface area contributed by atoms with Gasteiger partial charge in [0.1, 0.15) is 0 Å². The minimum atomic E-state index is -0.452. The Labute approximate surface area is 180 Å². The number of hydrogen-bond acceptors (Lipinski definition) is 5. The van der Waals surface area contributed by atoms with Crippen LogP contribution in [0, 0.1) is 5.95 Å². The summed E-state index contributed by atoms with van der Waals surface area (Å²) in [7, 11) is 1.60. The number of benzene rings is 1. The summed E-state index contributed by atoms with van der Waals surface area (Å²) in [5.74, 6) is -0.0959. The van der Waals surface area contributed by atoms with E-state index in [4.69, 9.17) is 4.74 Å². The van der Waals surface area contributed by atoms with Crippen molar-refractivity contribution in [2.45, 2.75) is 32.6 Å². The van der Waals surface area contributed by atoms with Crippen molar-refractivity contribution in [3.8, 4) is 5.88 Å². The second kappa shape index (κ2) is 11.0. The van der Waals surface area contributed by atoms with Crippen LogP contribution in [0.5, 0.6) is 5.88 Å². The van der Waals surface area contributed by atoms with Crippen LogP contribution in [0.1, 0.15) is 43.9 Å². The molecule has 1 aromatic carbocycles. The Morgan fingerprint density at radius 2 is 2.10 bits per heavy atom. The van der Waals surface area contributed by atoms with Crippen LogP contribution in [0.3, 0.4) is 0 Å². The molecule has 2 aromatic heterocycles. The Balaban J connectivity index is 1.59. The highest BCUT2D eigenvalue weighted by atomic mass is 19.1. The summed E-state index contributed by atoms with van der Waals surface area (Å²) < 4.78 is 19.6. The molecule has 3 aromatic rings. The number of aromatic amines is 1. The van der Waals surface area contributed by atoms with Crippen LogP contribution in [0.15, 0.2) is 48.6 Å². The number of hydrogen-bond donors (Lipinski definition) is 2. The average molecular weight is 423 g/mol. The zero-order valence-corrected chi connectivity index (χ0v) is 17.7. The first-order chi connectivity index (χ1) is 15.1. The Bertz CT molecular complexity index is 1070. The highest BCUT2D eigenvalue weighted by Gasteiger charge is 2.11. The Morgan fingerprint density at radius 3 is 2.84 bits per heavy atom. The minimum absolute atomic E-state index is 0.0991. The lowest BCUT2D eigenvalue weighted by molar-refractivity contribution is -0.116. The predicted octanol–water partition coefficient (Wildman–Crippen LogP) is 4.19. The number of aromatic nitrogens is 4. The molecule has 8 heteroatoms. The quantitative estimate of drug-likeness (QED) is 0.377. The first kappa shape index (κ1) is 22.1. The number of allylic oxidation sites excluding steroid dienone is 2. The van der Waals surface area contributed by atoms with Gasteiger partial charge in [0.15, 0.2) is 0 Å². The first-order valence-corrected chi connectivity index (χ1v) is 10.3. The molecule has 0 aliphatic rings. The third kappa shape index (κ3) is 5.97. The molecule has 0 saturated carbocycles. The molecule has 0 unspecified atom stereocenters. The van der Waals surface area contributed by atoms with Crippen molar-refractivity contribution in [3.05, 3.63) is 65.8 Å². The fraction of sp³-hybridized carbons (Fsp3) is 0.304. The van der Waals surface area contributed by atoms with Crippen LogP contribution < -0.4 is 10.1 Å². The molecule has 162 valence electrons. The molecule has 0 aliphatic carbocycles. The predicted molar refractivity (Wildman–Crippen MR) is 118 cm³/mol. The number of nitrogens with one attached hydrogen (secondary N) is 2. The summed E-state index contributed by atoms with van der Waals surface area (Å²) in [5.41, 5.74) is 3.00. The van der Waals surface area contributed by atoms with Crippen LogP contribution in [0.25, 0.3) is 16.5 Å². The number of halogens is 1. The summed E-state index contributed by atoms with van der Waals surface area (Å²) >= 11 is 0. The Hall–Kier alpha value is -3.55. The third-order valence-electron chi connectivity index (χ3n) is 4.67. The second-order valence-electron chi connectivity index (χ2n) is 6.91. The largest absolute Gasteiger partial charge is 0.477 e. The van der Waals surface area contributed by atoms with Gasteiger partial charge < -0.3 is 10.1 Å². The van der Waals surface area contributed by atoms with Gasteiger partial charge in [0.2, 0.25) is 17.7 Å². The number of H-pyrrole nitrogens is 1. The van der Waals surface area contributed by atoms with Crippen molar-refractivity contribution < 1.29 is 13.9 Å². The first-order valence-electron chi connectivity index (χ1n) is 10.3. The monoisotopic (exact) mass is 423 g/mol. The molecule has 0 radical (unpaired) electrons. The lowest BCUT2D eigenvalue weighted by Gasteiger charge is -2.09. The molecular formula is C23H26FN5O2. The van der Waals surface area contributed by atoms with Crippen molar-refractivity contribution in [2.24, 2.45) is 0 Å². The van der Waals surface area contributed by atoms with Crippen LogP contribution in [-0.4, -0.2) is 40.0 Å². The van der Waals surface area contributed by atoms with Gasteiger partial charge in [0.25, 0.3) is 0 Å². The average Bonchev–Trinajstić information content (AvgIpc) is 3.17. The molecule has 0 saturated heterocycles. The molecule has 7 nitrogen and oxygen atoms in total. The standard InChI is InChI=1S/C23H26FN5O2/c1-3-8-17(16-10-11-20-18(15-16)23(24)29-27-20)19-12-13-22(28-26-19)31-14-7-5-4-6-9-21(30)25-2/h6,8-13,15H,3-5,7,14H2,1-2H3,(H,25,30)(H,27,29)/b9-6+,17-8+. The van der Waals surface area contributed by atoms with Gasteiger partial charge >= 0.3 is 0 Å². The summed E-state index contributed by atoms with van der Waals surface area (Å²) in [6.07, 6.45) is 8.79. The van der Waals surface area contributed by atoms with Crippen molar-refractivity contribution in [2.75, 3.05) is 13.7 Å². The molecule has 0 fully saturated rings. The summed E-state index contributed by atoms with van der Waals surface area (Å²) in [4.78, 5) is 11.1. The topological polar surface area (TPSA) is 92.8 Å².